The molecular formula is C16H17NOS. The van der Waals surface area contributed by atoms with Gasteiger partial charge in [0, 0.05) is 10.9 Å². The van der Waals surface area contributed by atoms with Crippen LogP contribution in [-0.2, 0) is 4.79 Å². The molecule has 2 nitrogen and oxygen atoms in total. The first-order chi connectivity index (χ1) is 9.22. The predicted octanol–water partition coefficient (Wildman–Crippen LogP) is 3.60. The summed E-state index contributed by atoms with van der Waals surface area (Å²) >= 11 is 1.62. The molecule has 98 valence electrons. The van der Waals surface area contributed by atoms with Gasteiger partial charge in [0.1, 0.15) is 0 Å². The summed E-state index contributed by atoms with van der Waals surface area (Å²) in [6, 6.07) is 15.1. The lowest BCUT2D eigenvalue weighted by Gasteiger charge is -2.11. The van der Waals surface area contributed by atoms with Crippen LogP contribution in [0.3, 0.4) is 0 Å². The molecule has 1 N–H and O–H groups in total. The van der Waals surface area contributed by atoms with Gasteiger partial charge in [0.05, 0.1) is 5.25 Å². The fraction of sp³-hybridized carbons (Fsp3) is 0.312. The maximum atomic E-state index is 11.9. The van der Waals surface area contributed by atoms with Crippen LogP contribution < -0.4 is 5.32 Å². The third kappa shape index (κ3) is 3.10. The molecule has 1 saturated carbocycles. The third-order valence-electron chi connectivity index (χ3n) is 3.33. The van der Waals surface area contributed by atoms with Crippen LogP contribution in [0.4, 0.5) is 0 Å². The lowest BCUT2D eigenvalue weighted by Crippen LogP contribution is -2.32. The Morgan fingerprint density at radius 2 is 1.95 bits per heavy atom. The first-order valence-corrected chi connectivity index (χ1v) is 7.56. The van der Waals surface area contributed by atoms with E-state index in [4.69, 9.17) is 0 Å². The molecule has 1 fully saturated rings. The SMILES string of the molecule is CC(Sc1ccc2ccccc2c1)C(=O)NC1CC1. The summed E-state index contributed by atoms with van der Waals surface area (Å²) in [5, 5.41) is 5.47. The van der Waals surface area contributed by atoms with Gasteiger partial charge in [-0.3, -0.25) is 4.79 Å². The average Bonchev–Trinajstić information content (AvgIpc) is 3.22. The smallest absolute Gasteiger partial charge is 0.233 e. The summed E-state index contributed by atoms with van der Waals surface area (Å²) in [4.78, 5) is 13.1. The standard InChI is InChI=1S/C16H17NOS/c1-11(16(18)17-14-7-8-14)19-15-9-6-12-4-2-3-5-13(12)10-15/h2-6,9-11,14H,7-8H2,1H3,(H,17,18). The number of fused-ring (bicyclic) bond motifs is 1. The second kappa shape index (κ2) is 5.25. The Morgan fingerprint density at radius 3 is 2.68 bits per heavy atom. The molecule has 2 aromatic rings. The van der Waals surface area contributed by atoms with Gasteiger partial charge in [-0.2, -0.15) is 0 Å². The number of carbonyl (C=O) groups excluding carboxylic acids is 1. The van der Waals surface area contributed by atoms with Gasteiger partial charge in [-0.25, -0.2) is 0 Å². The minimum Gasteiger partial charge on any atom is -0.352 e. The minimum absolute atomic E-state index is 0.0400. The van der Waals surface area contributed by atoms with E-state index in [1.807, 2.05) is 19.1 Å². The first-order valence-electron chi connectivity index (χ1n) is 6.68. The van der Waals surface area contributed by atoms with Gasteiger partial charge in [-0.15, -0.1) is 11.8 Å². The molecule has 1 atom stereocenters. The van der Waals surface area contributed by atoms with Crippen molar-refractivity contribution in [2.75, 3.05) is 0 Å². The lowest BCUT2D eigenvalue weighted by molar-refractivity contribution is -0.120. The molecule has 0 aromatic heterocycles. The summed E-state index contributed by atoms with van der Waals surface area (Å²) in [6.45, 7) is 1.97. The van der Waals surface area contributed by atoms with Gasteiger partial charge < -0.3 is 5.32 Å². The second-order valence-electron chi connectivity index (χ2n) is 5.05. The quantitative estimate of drug-likeness (QED) is 0.861. The van der Waals surface area contributed by atoms with E-state index in [1.165, 1.54) is 10.8 Å². The molecule has 0 spiro atoms. The Bertz CT molecular complexity index is 606. The van der Waals surface area contributed by atoms with E-state index in [1.54, 1.807) is 11.8 Å². The Kier molecular flexibility index (Phi) is 3.47. The highest BCUT2D eigenvalue weighted by molar-refractivity contribution is 8.00. The molecule has 0 aliphatic heterocycles. The minimum atomic E-state index is -0.0400. The van der Waals surface area contributed by atoms with Crippen LogP contribution in [0.15, 0.2) is 47.4 Å². The van der Waals surface area contributed by atoms with Crippen molar-refractivity contribution in [1.29, 1.82) is 0 Å². The van der Waals surface area contributed by atoms with Gasteiger partial charge in [-0.05, 0) is 42.7 Å². The van der Waals surface area contributed by atoms with Gasteiger partial charge in [-0.1, -0.05) is 30.3 Å². The van der Waals surface area contributed by atoms with Crippen molar-refractivity contribution < 1.29 is 4.79 Å². The number of nitrogens with one attached hydrogen (secondary N) is 1. The maximum Gasteiger partial charge on any atom is 0.233 e. The van der Waals surface area contributed by atoms with Gasteiger partial charge in [0.25, 0.3) is 0 Å². The van der Waals surface area contributed by atoms with E-state index in [-0.39, 0.29) is 11.2 Å². The zero-order valence-electron chi connectivity index (χ0n) is 10.9. The number of hydrogen-bond donors (Lipinski definition) is 1. The van der Waals surface area contributed by atoms with E-state index >= 15 is 0 Å². The molecule has 1 aliphatic carbocycles. The van der Waals surface area contributed by atoms with Crippen LogP contribution in [0.25, 0.3) is 10.8 Å². The summed E-state index contributed by atoms with van der Waals surface area (Å²) in [5.74, 6) is 0.153. The van der Waals surface area contributed by atoms with Gasteiger partial charge in [0.15, 0.2) is 0 Å². The van der Waals surface area contributed by atoms with Crippen LogP contribution in [0.1, 0.15) is 19.8 Å². The Morgan fingerprint density at radius 1 is 1.21 bits per heavy atom. The number of carbonyl (C=O) groups is 1. The number of thioether (sulfide) groups is 1. The van der Waals surface area contributed by atoms with Crippen molar-refractivity contribution >= 4 is 28.4 Å². The fourth-order valence-corrected chi connectivity index (χ4v) is 2.97. The third-order valence-corrected chi connectivity index (χ3v) is 4.42. The van der Waals surface area contributed by atoms with Crippen LogP contribution in [-0.4, -0.2) is 17.2 Å². The van der Waals surface area contributed by atoms with E-state index < -0.39 is 0 Å². The topological polar surface area (TPSA) is 29.1 Å². The normalized spacial score (nSPS) is 16.3. The van der Waals surface area contributed by atoms with Crippen molar-refractivity contribution in [2.24, 2.45) is 0 Å². The molecule has 0 radical (unpaired) electrons. The largest absolute Gasteiger partial charge is 0.352 e. The molecule has 0 saturated heterocycles. The zero-order chi connectivity index (χ0) is 13.2. The first kappa shape index (κ1) is 12.5. The highest BCUT2D eigenvalue weighted by atomic mass is 32.2. The van der Waals surface area contributed by atoms with Crippen LogP contribution in [0.5, 0.6) is 0 Å². The van der Waals surface area contributed by atoms with Crippen molar-refractivity contribution in [3.8, 4) is 0 Å². The van der Waals surface area contributed by atoms with Crippen molar-refractivity contribution in [2.45, 2.75) is 36.0 Å². The lowest BCUT2D eigenvalue weighted by atomic mass is 10.1. The molecule has 19 heavy (non-hydrogen) atoms. The molecule has 1 amide bonds. The van der Waals surface area contributed by atoms with Gasteiger partial charge >= 0.3 is 0 Å². The fourth-order valence-electron chi connectivity index (χ4n) is 2.04. The van der Waals surface area contributed by atoms with E-state index in [2.05, 4.69) is 35.6 Å². The van der Waals surface area contributed by atoms with Gasteiger partial charge in [0.2, 0.25) is 5.91 Å². The predicted molar refractivity (Wildman–Crippen MR) is 80.4 cm³/mol. The Balaban J connectivity index is 1.71. The molecule has 0 bridgehead atoms. The Labute approximate surface area is 117 Å². The molecule has 0 heterocycles. The molecule has 2 aromatic carbocycles. The summed E-state index contributed by atoms with van der Waals surface area (Å²) < 4.78 is 0. The van der Waals surface area contributed by atoms with Crippen molar-refractivity contribution in [3.63, 3.8) is 0 Å². The summed E-state index contributed by atoms with van der Waals surface area (Å²) in [6.07, 6.45) is 2.28. The van der Waals surface area contributed by atoms with Crippen molar-refractivity contribution in [3.05, 3.63) is 42.5 Å². The average molecular weight is 271 g/mol. The van der Waals surface area contributed by atoms with E-state index in [0.717, 1.165) is 17.7 Å². The monoisotopic (exact) mass is 271 g/mol. The molecular weight excluding hydrogens is 254 g/mol. The molecule has 1 unspecified atom stereocenters. The highest BCUT2D eigenvalue weighted by Crippen LogP contribution is 2.28. The zero-order valence-corrected chi connectivity index (χ0v) is 11.7. The van der Waals surface area contributed by atoms with Crippen molar-refractivity contribution in [1.82, 2.24) is 5.32 Å². The number of amides is 1. The molecule has 3 rings (SSSR count). The summed E-state index contributed by atoms with van der Waals surface area (Å²) in [7, 11) is 0. The maximum absolute atomic E-state index is 11.9. The number of hydrogen-bond acceptors (Lipinski definition) is 2. The highest BCUT2D eigenvalue weighted by Gasteiger charge is 2.25. The second-order valence-corrected chi connectivity index (χ2v) is 6.47. The summed E-state index contributed by atoms with van der Waals surface area (Å²) in [5.41, 5.74) is 0. The number of rotatable bonds is 4. The van der Waals surface area contributed by atoms with Crippen LogP contribution in [0.2, 0.25) is 0 Å². The molecule has 3 heteroatoms. The van der Waals surface area contributed by atoms with Crippen LogP contribution >= 0.6 is 11.8 Å². The van der Waals surface area contributed by atoms with E-state index in [9.17, 15) is 4.79 Å². The Hall–Kier alpha value is -1.48. The molecule has 1 aliphatic rings. The number of benzene rings is 2. The van der Waals surface area contributed by atoms with E-state index in [0.29, 0.717) is 6.04 Å². The van der Waals surface area contributed by atoms with Crippen LogP contribution in [0, 0.1) is 0 Å².